The molecule has 1 amide bonds. The van der Waals surface area contributed by atoms with E-state index in [1.54, 1.807) is 25.1 Å². The van der Waals surface area contributed by atoms with Crippen molar-refractivity contribution in [2.75, 3.05) is 27.2 Å². The smallest absolute Gasteiger partial charge is 0.253 e. The predicted octanol–water partition coefficient (Wildman–Crippen LogP) is 1.63. The molecule has 1 aromatic carbocycles. The number of guanidine groups is 1. The summed E-state index contributed by atoms with van der Waals surface area (Å²) in [6.07, 6.45) is 1.79. The van der Waals surface area contributed by atoms with Crippen molar-refractivity contribution in [3.05, 3.63) is 48.0 Å². The molecule has 0 aromatic heterocycles. The van der Waals surface area contributed by atoms with Crippen LogP contribution >= 0.6 is 0 Å². The third-order valence-electron chi connectivity index (χ3n) is 2.78. The van der Waals surface area contributed by atoms with Crippen LogP contribution in [0.15, 0.2) is 41.9 Å². The van der Waals surface area contributed by atoms with Gasteiger partial charge in [-0.2, -0.15) is 0 Å². The number of nitrogens with one attached hydrogen (secondary N) is 2. The van der Waals surface area contributed by atoms with E-state index in [-0.39, 0.29) is 5.91 Å². The Morgan fingerprint density at radius 2 is 1.95 bits per heavy atom. The lowest BCUT2D eigenvalue weighted by Crippen LogP contribution is -2.37. The average molecular weight is 288 g/mol. The number of amides is 1. The van der Waals surface area contributed by atoms with E-state index >= 15 is 0 Å². The van der Waals surface area contributed by atoms with Gasteiger partial charge in [-0.1, -0.05) is 18.2 Å². The molecule has 0 saturated carbocycles. The summed E-state index contributed by atoms with van der Waals surface area (Å²) in [6, 6.07) is 7.52. The van der Waals surface area contributed by atoms with Gasteiger partial charge in [0.25, 0.3) is 5.91 Å². The highest BCUT2D eigenvalue weighted by atomic mass is 16.2. The first-order valence-electron chi connectivity index (χ1n) is 7.02. The van der Waals surface area contributed by atoms with Crippen molar-refractivity contribution in [3.8, 4) is 0 Å². The molecule has 1 aromatic rings. The fraction of sp³-hybridized carbons (Fsp3) is 0.375. The van der Waals surface area contributed by atoms with Crippen LogP contribution in [0.5, 0.6) is 0 Å². The summed E-state index contributed by atoms with van der Waals surface area (Å²) in [5.41, 5.74) is 1.74. The Morgan fingerprint density at radius 3 is 2.48 bits per heavy atom. The number of nitrogens with zero attached hydrogens (tertiary/aromatic N) is 2. The molecule has 0 unspecified atom stereocenters. The molecule has 5 heteroatoms. The maximum absolute atomic E-state index is 11.8. The lowest BCUT2D eigenvalue weighted by atomic mass is 10.1. The summed E-state index contributed by atoms with van der Waals surface area (Å²) >= 11 is 0. The van der Waals surface area contributed by atoms with Crippen LogP contribution in [0.1, 0.15) is 22.8 Å². The lowest BCUT2D eigenvalue weighted by Gasteiger charge is -2.11. The summed E-state index contributed by atoms with van der Waals surface area (Å²) < 4.78 is 0. The van der Waals surface area contributed by atoms with E-state index in [9.17, 15) is 4.79 Å². The third-order valence-corrected chi connectivity index (χ3v) is 2.78. The molecule has 0 radical (unpaired) electrons. The van der Waals surface area contributed by atoms with E-state index in [1.807, 2.05) is 31.2 Å². The predicted molar refractivity (Wildman–Crippen MR) is 87.5 cm³/mol. The van der Waals surface area contributed by atoms with Crippen LogP contribution in [0, 0.1) is 0 Å². The van der Waals surface area contributed by atoms with E-state index in [0.29, 0.717) is 18.7 Å². The summed E-state index contributed by atoms with van der Waals surface area (Å²) in [7, 11) is 3.49. The fourth-order valence-electron chi connectivity index (χ4n) is 1.69. The molecule has 0 atom stereocenters. The highest BCUT2D eigenvalue weighted by Crippen LogP contribution is 2.07. The second-order valence-electron chi connectivity index (χ2n) is 4.76. The van der Waals surface area contributed by atoms with E-state index in [2.05, 4.69) is 22.2 Å². The van der Waals surface area contributed by atoms with Crippen molar-refractivity contribution in [1.82, 2.24) is 15.5 Å². The van der Waals surface area contributed by atoms with Gasteiger partial charge in [-0.15, -0.1) is 6.58 Å². The Morgan fingerprint density at radius 1 is 1.29 bits per heavy atom. The molecule has 0 aliphatic carbocycles. The number of hydrogen-bond acceptors (Lipinski definition) is 2. The van der Waals surface area contributed by atoms with Gasteiger partial charge in [0.1, 0.15) is 0 Å². The van der Waals surface area contributed by atoms with Gasteiger partial charge in [-0.25, -0.2) is 4.99 Å². The maximum Gasteiger partial charge on any atom is 0.253 e. The third kappa shape index (κ3) is 5.69. The normalized spacial score (nSPS) is 10.9. The van der Waals surface area contributed by atoms with Gasteiger partial charge < -0.3 is 15.5 Å². The van der Waals surface area contributed by atoms with Gasteiger partial charge in [-0.3, -0.25) is 4.79 Å². The molecule has 114 valence electrons. The Labute approximate surface area is 126 Å². The quantitative estimate of drug-likeness (QED) is 0.475. The SMILES string of the molecule is C=CCNC(=NCc1ccc(C(=O)N(C)C)cc1)NCC. The van der Waals surface area contributed by atoms with Gasteiger partial charge in [-0.05, 0) is 24.6 Å². The topological polar surface area (TPSA) is 56.7 Å². The zero-order valence-corrected chi connectivity index (χ0v) is 13.0. The summed E-state index contributed by atoms with van der Waals surface area (Å²) in [5, 5.41) is 6.31. The van der Waals surface area contributed by atoms with E-state index < -0.39 is 0 Å². The van der Waals surface area contributed by atoms with Gasteiger partial charge in [0.15, 0.2) is 5.96 Å². The van der Waals surface area contributed by atoms with Crippen LogP contribution in [0.2, 0.25) is 0 Å². The van der Waals surface area contributed by atoms with Crippen LogP contribution in [-0.2, 0) is 6.54 Å². The minimum Gasteiger partial charge on any atom is -0.357 e. The van der Waals surface area contributed by atoms with Gasteiger partial charge in [0, 0.05) is 32.7 Å². The Bertz CT molecular complexity index is 492. The van der Waals surface area contributed by atoms with Crippen molar-refractivity contribution in [2.24, 2.45) is 4.99 Å². The zero-order valence-electron chi connectivity index (χ0n) is 13.0. The van der Waals surface area contributed by atoms with Crippen LogP contribution in [-0.4, -0.2) is 44.0 Å². The molecule has 0 spiro atoms. The van der Waals surface area contributed by atoms with Gasteiger partial charge >= 0.3 is 0 Å². The number of rotatable bonds is 6. The minimum absolute atomic E-state index is 0.00559. The lowest BCUT2D eigenvalue weighted by molar-refractivity contribution is 0.0827. The first-order valence-corrected chi connectivity index (χ1v) is 7.02. The van der Waals surface area contributed by atoms with Crippen LogP contribution in [0.25, 0.3) is 0 Å². The van der Waals surface area contributed by atoms with Crippen molar-refractivity contribution in [3.63, 3.8) is 0 Å². The first kappa shape index (κ1) is 16.8. The van der Waals surface area contributed by atoms with Crippen molar-refractivity contribution >= 4 is 11.9 Å². The maximum atomic E-state index is 11.8. The van der Waals surface area contributed by atoms with Crippen LogP contribution in [0.3, 0.4) is 0 Å². The Balaban J connectivity index is 2.69. The number of carbonyl (C=O) groups is 1. The van der Waals surface area contributed by atoms with Crippen LogP contribution < -0.4 is 10.6 Å². The molecule has 1 rings (SSSR count). The molecule has 0 fully saturated rings. The molecule has 2 N–H and O–H groups in total. The largest absolute Gasteiger partial charge is 0.357 e. The van der Waals surface area contributed by atoms with E-state index in [4.69, 9.17) is 0 Å². The molecule has 21 heavy (non-hydrogen) atoms. The van der Waals surface area contributed by atoms with Crippen molar-refractivity contribution in [2.45, 2.75) is 13.5 Å². The number of aliphatic imine (C=N–C) groups is 1. The molecule has 0 saturated heterocycles. The monoisotopic (exact) mass is 288 g/mol. The minimum atomic E-state index is 0.00559. The molecule has 0 aliphatic rings. The average Bonchev–Trinajstić information content (AvgIpc) is 2.49. The van der Waals surface area contributed by atoms with E-state index in [1.165, 1.54) is 0 Å². The fourth-order valence-corrected chi connectivity index (χ4v) is 1.69. The number of hydrogen-bond donors (Lipinski definition) is 2. The summed E-state index contributed by atoms with van der Waals surface area (Å²) in [4.78, 5) is 17.8. The van der Waals surface area contributed by atoms with E-state index in [0.717, 1.165) is 18.1 Å². The molecular weight excluding hydrogens is 264 g/mol. The summed E-state index contributed by atoms with van der Waals surface area (Å²) in [5.74, 6) is 0.761. The second-order valence-corrected chi connectivity index (χ2v) is 4.76. The first-order chi connectivity index (χ1) is 10.1. The van der Waals surface area contributed by atoms with Crippen molar-refractivity contribution in [1.29, 1.82) is 0 Å². The molecule has 0 heterocycles. The standard InChI is InChI=1S/C16H24N4O/c1-5-11-18-16(17-6-2)19-12-13-7-9-14(10-8-13)15(21)20(3)4/h5,7-10H,1,6,11-12H2,2-4H3,(H2,17,18,19). The second kappa shape index (κ2) is 8.79. The van der Waals surface area contributed by atoms with Gasteiger partial charge in [0.2, 0.25) is 0 Å². The molecule has 0 bridgehead atoms. The number of benzene rings is 1. The number of carbonyl (C=O) groups excluding carboxylic acids is 1. The molecular formula is C16H24N4O. The molecule has 5 nitrogen and oxygen atoms in total. The van der Waals surface area contributed by atoms with Crippen molar-refractivity contribution < 1.29 is 4.79 Å². The molecule has 0 aliphatic heterocycles. The highest BCUT2D eigenvalue weighted by molar-refractivity contribution is 5.93. The van der Waals surface area contributed by atoms with Crippen LogP contribution in [0.4, 0.5) is 0 Å². The summed E-state index contributed by atoms with van der Waals surface area (Å²) in [6.45, 7) is 7.72. The van der Waals surface area contributed by atoms with Gasteiger partial charge in [0.05, 0.1) is 6.54 Å². The zero-order chi connectivity index (χ0) is 15.7. The Hall–Kier alpha value is -2.30. The Kier molecular flexibility index (Phi) is 7.01. The highest BCUT2D eigenvalue weighted by Gasteiger charge is 2.06.